The van der Waals surface area contributed by atoms with Crippen LogP contribution in [0, 0.1) is 0 Å². The first-order chi connectivity index (χ1) is 17.2. The van der Waals surface area contributed by atoms with Gasteiger partial charge in [0.15, 0.2) is 6.23 Å². The summed E-state index contributed by atoms with van der Waals surface area (Å²) < 4.78 is 37.3. The van der Waals surface area contributed by atoms with Gasteiger partial charge < -0.3 is 24.8 Å². The van der Waals surface area contributed by atoms with Crippen molar-refractivity contribution in [1.29, 1.82) is 0 Å². The van der Waals surface area contributed by atoms with Gasteiger partial charge in [-0.05, 0) is 55.8 Å². The molecule has 1 unspecified atom stereocenters. The smallest absolute Gasteiger partial charge is 0.459 e. The number of hydrogen-bond acceptors (Lipinski definition) is 10. The number of para-hydroxylation sites is 1. The predicted molar refractivity (Wildman–Crippen MR) is 139 cm³/mol. The van der Waals surface area contributed by atoms with Gasteiger partial charge in [-0.2, -0.15) is 10.1 Å². The Labute approximate surface area is 227 Å². The Morgan fingerprint density at radius 1 is 1.38 bits per heavy atom. The van der Waals surface area contributed by atoms with E-state index in [0.717, 1.165) is 4.57 Å². The second kappa shape index (κ2) is 11.8. The molecule has 12 nitrogen and oxygen atoms in total. The molecule has 6 atom stereocenters. The van der Waals surface area contributed by atoms with Crippen LogP contribution in [0.5, 0.6) is 5.75 Å². The van der Waals surface area contributed by atoms with E-state index in [4.69, 9.17) is 35.9 Å². The number of nitrogens with two attached hydrogens (primary N) is 1. The van der Waals surface area contributed by atoms with Crippen molar-refractivity contribution in [3.63, 3.8) is 0 Å². The van der Waals surface area contributed by atoms with Crippen LogP contribution in [0.25, 0.3) is 0 Å². The van der Waals surface area contributed by atoms with Gasteiger partial charge in [0.05, 0.1) is 17.2 Å². The first-order valence-corrected chi connectivity index (χ1v) is 14.0. The number of carbonyl (C=O) groups excluding carboxylic acids is 1. The summed E-state index contributed by atoms with van der Waals surface area (Å²) in [5, 5.41) is 13.4. The van der Waals surface area contributed by atoms with E-state index in [2.05, 4.69) is 26.0 Å². The summed E-state index contributed by atoms with van der Waals surface area (Å²) in [5.74, 6) is -0.479. The van der Waals surface area contributed by atoms with Gasteiger partial charge in [-0.25, -0.2) is 9.36 Å². The van der Waals surface area contributed by atoms with Crippen LogP contribution in [0.3, 0.4) is 0 Å². The number of anilines is 1. The summed E-state index contributed by atoms with van der Waals surface area (Å²) in [6.45, 7) is 5.81. The normalized spacial score (nSPS) is 26.0. The number of benzene rings is 1. The van der Waals surface area contributed by atoms with Crippen molar-refractivity contribution in [2.75, 3.05) is 12.3 Å². The zero-order valence-electron chi connectivity index (χ0n) is 20.5. The Morgan fingerprint density at radius 3 is 2.65 bits per heavy atom. The van der Waals surface area contributed by atoms with Gasteiger partial charge in [0.2, 0.25) is 0 Å². The van der Waals surface area contributed by atoms with Crippen LogP contribution in [0.2, 0.25) is 0 Å². The maximum absolute atomic E-state index is 13.7. The number of aromatic nitrogens is 2. The minimum atomic E-state index is -4.22. The summed E-state index contributed by atoms with van der Waals surface area (Å²) >= 11 is 9.79. The monoisotopic (exact) mass is 622 g/mol. The first kappa shape index (κ1) is 29.6. The standard InChI is InChI=1S/C22H29BrClN4O8P/c1-12(2)34-19(30)13(3)27-37(32,36-14-8-6-5-7-9-14)33-11-16-17(29)22(4,24)20(35-16)28-10-15(23)18(25)26-21(28)31/h5-10,12-13,16-17,20,29H,11H2,1-4H3,(H,27,32)(H2,25,26,31)/t13-,16-,17-,20?,22-,37+/m1/s1. The second-order valence-electron chi connectivity index (χ2n) is 8.82. The summed E-state index contributed by atoms with van der Waals surface area (Å²) in [7, 11) is -4.22. The van der Waals surface area contributed by atoms with Crippen molar-refractivity contribution >= 4 is 47.1 Å². The van der Waals surface area contributed by atoms with Gasteiger partial charge in [0, 0.05) is 6.20 Å². The van der Waals surface area contributed by atoms with E-state index in [1.54, 1.807) is 44.2 Å². The van der Waals surface area contributed by atoms with Gasteiger partial charge in [-0.15, -0.1) is 11.6 Å². The zero-order chi connectivity index (χ0) is 27.5. The molecule has 0 bridgehead atoms. The fourth-order valence-electron chi connectivity index (χ4n) is 3.48. The summed E-state index contributed by atoms with van der Waals surface area (Å²) in [6.07, 6.45) is -2.71. The molecule has 2 heterocycles. The molecule has 1 aliphatic rings. The molecule has 3 rings (SSSR count). The number of ether oxygens (including phenoxy) is 2. The van der Waals surface area contributed by atoms with Crippen LogP contribution in [-0.4, -0.2) is 56.5 Å². The highest BCUT2D eigenvalue weighted by molar-refractivity contribution is 9.10. The lowest BCUT2D eigenvalue weighted by Gasteiger charge is -2.26. The quantitative estimate of drug-likeness (QED) is 0.202. The molecule has 1 aromatic heterocycles. The SMILES string of the molecule is CC(C)OC(=O)[C@@H](C)N[P@](=O)(OC[C@H]1OC(n2cc(Br)c(N)nc2=O)[C@](C)(Cl)[C@@H]1O)Oc1ccccc1. The summed E-state index contributed by atoms with van der Waals surface area (Å²) in [4.78, 5) is 27.0. The van der Waals surface area contributed by atoms with Crippen molar-refractivity contribution in [3.8, 4) is 5.75 Å². The average molecular weight is 624 g/mol. The summed E-state index contributed by atoms with van der Waals surface area (Å²) in [6, 6.07) is 7.12. The molecule has 2 aromatic rings. The van der Waals surface area contributed by atoms with E-state index in [0.29, 0.717) is 4.47 Å². The third-order valence-corrected chi connectivity index (χ3v) is 8.00. The van der Waals surface area contributed by atoms with Gasteiger partial charge in [0.25, 0.3) is 0 Å². The maximum atomic E-state index is 13.7. The first-order valence-electron chi connectivity index (χ1n) is 11.3. The second-order valence-corrected chi connectivity index (χ2v) is 12.2. The molecule has 0 spiro atoms. The van der Waals surface area contributed by atoms with E-state index in [9.17, 15) is 19.3 Å². The molecule has 0 radical (unpaired) electrons. The van der Waals surface area contributed by atoms with Crippen LogP contribution < -0.4 is 21.0 Å². The largest absolute Gasteiger partial charge is 0.462 e. The van der Waals surface area contributed by atoms with Gasteiger partial charge in [-0.3, -0.25) is 13.9 Å². The fourth-order valence-corrected chi connectivity index (χ4v) is 5.59. The molecule has 204 valence electrons. The Kier molecular flexibility index (Phi) is 9.44. The Morgan fingerprint density at radius 2 is 2.03 bits per heavy atom. The third kappa shape index (κ3) is 7.11. The summed E-state index contributed by atoms with van der Waals surface area (Å²) in [5.41, 5.74) is 4.91. The van der Waals surface area contributed by atoms with Gasteiger partial charge in [0.1, 0.15) is 34.7 Å². The number of hydrogen-bond donors (Lipinski definition) is 3. The van der Waals surface area contributed by atoms with Crippen LogP contribution in [0.15, 0.2) is 45.8 Å². The van der Waals surface area contributed by atoms with Gasteiger partial charge >= 0.3 is 19.4 Å². The minimum Gasteiger partial charge on any atom is -0.462 e. The van der Waals surface area contributed by atoms with E-state index < -0.39 is 61.5 Å². The highest BCUT2D eigenvalue weighted by Gasteiger charge is 2.54. The molecular formula is C22H29BrClN4O8P. The van der Waals surface area contributed by atoms with Gasteiger partial charge in [-0.1, -0.05) is 18.2 Å². The molecule has 1 fully saturated rings. The predicted octanol–water partition coefficient (Wildman–Crippen LogP) is 2.98. The van der Waals surface area contributed by atoms with E-state index in [1.165, 1.54) is 20.0 Å². The number of carbonyl (C=O) groups is 1. The lowest BCUT2D eigenvalue weighted by Crippen LogP contribution is -2.42. The number of alkyl halides is 1. The molecule has 0 aliphatic carbocycles. The lowest BCUT2D eigenvalue weighted by molar-refractivity contribution is -0.149. The molecule has 0 amide bonds. The van der Waals surface area contributed by atoms with Crippen molar-refractivity contribution in [2.45, 2.75) is 63.2 Å². The Hall–Kier alpha value is -1.99. The molecule has 1 aliphatic heterocycles. The molecular weight excluding hydrogens is 595 g/mol. The lowest BCUT2D eigenvalue weighted by atomic mass is 10.0. The average Bonchev–Trinajstić information content (AvgIpc) is 3.03. The molecule has 1 saturated heterocycles. The maximum Gasteiger partial charge on any atom is 0.459 e. The van der Waals surface area contributed by atoms with Crippen LogP contribution >= 0.6 is 35.3 Å². The third-order valence-electron chi connectivity index (χ3n) is 5.34. The molecule has 15 heteroatoms. The Bertz CT molecular complexity index is 1210. The number of aliphatic hydroxyl groups excluding tert-OH is 1. The number of esters is 1. The number of rotatable bonds is 10. The van der Waals surface area contributed by atoms with E-state index in [1.807, 2.05) is 0 Å². The number of halogens is 2. The van der Waals surface area contributed by atoms with Crippen LogP contribution in [0.1, 0.15) is 33.9 Å². The Balaban J connectivity index is 1.81. The fraction of sp³-hybridized carbons (Fsp3) is 0.500. The highest BCUT2D eigenvalue weighted by Crippen LogP contribution is 2.48. The molecule has 1 aromatic carbocycles. The van der Waals surface area contributed by atoms with Crippen molar-refractivity contribution < 1.29 is 33.0 Å². The zero-order valence-corrected chi connectivity index (χ0v) is 23.8. The van der Waals surface area contributed by atoms with E-state index in [-0.39, 0.29) is 11.6 Å². The minimum absolute atomic E-state index is 0.0221. The van der Waals surface area contributed by atoms with Crippen LogP contribution in [0.4, 0.5) is 5.82 Å². The number of nitrogens with zero attached hydrogens (tertiary/aromatic N) is 2. The van der Waals surface area contributed by atoms with Crippen LogP contribution in [-0.2, 0) is 23.4 Å². The number of aliphatic hydroxyl groups is 1. The number of nitrogen functional groups attached to an aromatic ring is 1. The van der Waals surface area contributed by atoms with Crippen molar-refractivity contribution in [3.05, 3.63) is 51.5 Å². The molecule has 4 N–H and O–H groups in total. The number of nitrogens with one attached hydrogen (secondary N) is 1. The van der Waals surface area contributed by atoms with E-state index >= 15 is 0 Å². The molecule has 37 heavy (non-hydrogen) atoms. The van der Waals surface area contributed by atoms with Crippen molar-refractivity contribution in [1.82, 2.24) is 14.6 Å². The van der Waals surface area contributed by atoms with Crippen molar-refractivity contribution in [2.24, 2.45) is 0 Å². The topological polar surface area (TPSA) is 164 Å². The molecule has 0 saturated carbocycles. The highest BCUT2D eigenvalue weighted by atomic mass is 79.9.